The van der Waals surface area contributed by atoms with Crippen LogP contribution < -0.4 is 21.7 Å². The van der Waals surface area contributed by atoms with Crippen molar-refractivity contribution in [3.8, 4) is 0 Å². The zero-order valence-electron chi connectivity index (χ0n) is 13.0. The summed E-state index contributed by atoms with van der Waals surface area (Å²) >= 11 is 11.1. The maximum atomic E-state index is 6.08. The predicted octanol–water partition coefficient (Wildman–Crippen LogP) is 1.68. The third-order valence-corrected chi connectivity index (χ3v) is 3.99. The first-order valence-corrected chi connectivity index (χ1v) is 8.06. The molecule has 7 heteroatoms. The number of nitrogens with one attached hydrogen (secondary N) is 1. The monoisotopic (exact) mass is 410 g/mol. The van der Waals surface area contributed by atoms with Gasteiger partial charge in [0.15, 0.2) is 0 Å². The second-order valence-electron chi connectivity index (χ2n) is 5.05. The van der Waals surface area contributed by atoms with Crippen molar-refractivity contribution in [3.63, 3.8) is 0 Å². The number of hydrogen-bond donors (Lipinski definition) is 2. The molecule has 0 atom stereocenters. The van der Waals surface area contributed by atoms with Crippen molar-refractivity contribution >= 4 is 40.8 Å². The molecular weight excluding hydrogens is 396 g/mol. The van der Waals surface area contributed by atoms with E-state index < -0.39 is 0 Å². The smallest absolute Gasteiger partial charge is 0.739 e. The number of benzene rings is 1. The van der Waals surface area contributed by atoms with E-state index in [1.165, 1.54) is 5.01 Å². The molecule has 0 fully saturated rings. The average molecular weight is 411 g/mol. The van der Waals surface area contributed by atoms with E-state index >= 15 is 0 Å². The first-order chi connectivity index (χ1) is 11.7. The van der Waals surface area contributed by atoms with E-state index in [2.05, 4.69) is 10.5 Å². The van der Waals surface area contributed by atoms with Crippen molar-refractivity contribution in [1.29, 1.82) is 0 Å². The fourth-order valence-corrected chi connectivity index (χ4v) is 2.64. The Morgan fingerprint density at radius 1 is 1.12 bits per heavy atom. The molecule has 2 aromatic rings. The average Bonchev–Trinajstić information content (AvgIpc) is 3.33. The molecule has 3 N–H and O–H groups in total. The van der Waals surface area contributed by atoms with Crippen molar-refractivity contribution in [2.24, 2.45) is 10.9 Å². The van der Waals surface area contributed by atoms with Gasteiger partial charge in [0.05, 0.1) is 0 Å². The van der Waals surface area contributed by atoms with Gasteiger partial charge in [-0.25, -0.2) is 18.0 Å². The normalized spacial score (nSPS) is 16.8. The molecule has 0 unspecified atom stereocenters. The Balaban J connectivity index is 0.000000325. The zero-order chi connectivity index (χ0) is 16.9. The largest absolute Gasteiger partial charge is 2.00 e. The second kappa shape index (κ2) is 8.94. The van der Waals surface area contributed by atoms with E-state index in [-0.39, 0.29) is 17.1 Å². The van der Waals surface area contributed by atoms with Crippen LogP contribution >= 0.6 is 11.6 Å². The number of hydrazone groups is 1. The Morgan fingerprint density at radius 2 is 1.80 bits per heavy atom. The van der Waals surface area contributed by atoms with Gasteiger partial charge < -0.3 is 12.6 Å². The van der Waals surface area contributed by atoms with Crippen LogP contribution in [-0.2, 0) is 29.7 Å². The van der Waals surface area contributed by atoms with Gasteiger partial charge in [-0.3, -0.25) is 10.4 Å². The Morgan fingerprint density at radius 3 is 2.32 bits per heavy atom. The van der Waals surface area contributed by atoms with Crippen molar-refractivity contribution < 1.29 is 17.1 Å². The summed E-state index contributed by atoms with van der Waals surface area (Å²) in [6.45, 7) is 0. The number of allylic oxidation sites excluding steroid dienone is 4. The van der Waals surface area contributed by atoms with Gasteiger partial charge in [0, 0.05) is 15.4 Å². The van der Waals surface area contributed by atoms with Gasteiger partial charge in [-0.1, -0.05) is 35.9 Å². The minimum atomic E-state index is 0. The summed E-state index contributed by atoms with van der Waals surface area (Å²) in [6, 6.07) is 15.6. The van der Waals surface area contributed by atoms with Crippen LogP contribution in [0.3, 0.4) is 0 Å². The second-order valence-corrected chi connectivity index (χ2v) is 5.85. The van der Waals surface area contributed by atoms with Crippen molar-refractivity contribution in [3.05, 3.63) is 88.3 Å². The van der Waals surface area contributed by atoms with E-state index in [1.54, 1.807) is 0 Å². The minimum Gasteiger partial charge on any atom is -0.739 e. The molecule has 1 aliphatic carbocycles. The van der Waals surface area contributed by atoms with Crippen LogP contribution in [0.5, 0.6) is 0 Å². The summed E-state index contributed by atoms with van der Waals surface area (Å²) in [4.78, 5) is 0. The van der Waals surface area contributed by atoms with Crippen LogP contribution in [0.1, 0.15) is 0 Å². The number of hydrazine groups is 1. The van der Waals surface area contributed by atoms with E-state index in [0.717, 1.165) is 16.0 Å². The first kappa shape index (κ1) is 19.4. The molecule has 0 bridgehead atoms. The molecule has 4 nitrogen and oxygen atoms in total. The topological polar surface area (TPSA) is 53.6 Å². The maximum Gasteiger partial charge on any atom is 2.00 e. The third-order valence-electron chi connectivity index (χ3n) is 3.47. The molecule has 2 aromatic carbocycles. The summed E-state index contributed by atoms with van der Waals surface area (Å²) < 4.78 is 0. The molecule has 0 saturated carbocycles. The number of nitrogens with two attached hydrogens (primary N) is 1. The molecule has 1 heterocycles. The van der Waals surface area contributed by atoms with Gasteiger partial charge in [-0.15, -0.1) is 0 Å². The summed E-state index contributed by atoms with van der Waals surface area (Å²) in [5, 5.41) is 8.14. The Labute approximate surface area is 167 Å². The predicted molar refractivity (Wildman–Crippen MR) is 102 cm³/mol. The maximum absolute atomic E-state index is 6.08. The molecule has 128 valence electrons. The molecular formula is C18H15ClFeN4S. The number of nitrogens with zero attached hydrogens (tertiary/aromatic N) is 2. The van der Waals surface area contributed by atoms with Crippen molar-refractivity contribution in [2.75, 3.05) is 0 Å². The van der Waals surface area contributed by atoms with E-state index in [0.29, 0.717) is 16.0 Å². The molecule has 0 aromatic heterocycles. The van der Waals surface area contributed by atoms with Crippen LogP contribution in [0.15, 0.2) is 77.9 Å². The fourth-order valence-electron chi connectivity index (χ4n) is 2.33. The van der Waals surface area contributed by atoms with Crippen LogP contribution in [0.4, 0.5) is 0 Å². The first-order valence-electron chi connectivity index (χ1n) is 7.28. The quantitative estimate of drug-likeness (QED) is 0.300. The summed E-state index contributed by atoms with van der Waals surface area (Å²) in [5.74, 6) is 6.53. The van der Waals surface area contributed by atoms with Gasteiger partial charge in [0.25, 0.3) is 0 Å². The number of rotatable bonds is 0. The van der Waals surface area contributed by atoms with Gasteiger partial charge in [-0.05, 0) is 29.0 Å². The fraction of sp³-hybridized carbons (Fsp3) is 0. The molecule has 1 aliphatic heterocycles. The zero-order valence-corrected chi connectivity index (χ0v) is 15.7. The Bertz CT molecular complexity index is 901. The van der Waals surface area contributed by atoms with Crippen LogP contribution in [-0.4, -0.2) is 10.2 Å². The number of hydrogen-bond acceptors (Lipinski definition) is 5. The van der Waals surface area contributed by atoms with Crippen molar-refractivity contribution in [1.82, 2.24) is 10.4 Å². The van der Waals surface area contributed by atoms with Gasteiger partial charge >= 0.3 is 17.1 Å². The van der Waals surface area contributed by atoms with E-state index in [1.807, 2.05) is 72.8 Å². The Hall–Kier alpha value is -1.95. The molecule has 2 aliphatic rings. The van der Waals surface area contributed by atoms with Crippen LogP contribution in [0, 0.1) is 0 Å². The van der Waals surface area contributed by atoms with E-state index in [4.69, 9.17) is 30.1 Å². The van der Waals surface area contributed by atoms with Gasteiger partial charge in [0.2, 0.25) is 0 Å². The molecule has 0 radical (unpaired) electrons. The third kappa shape index (κ3) is 4.57. The summed E-state index contributed by atoms with van der Waals surface area (Å²) in [7, 11) is 0. The summed E-state index contributed by atoms with van der Waals surface area (Å²) in [5.41, 5.74) is 3.92. The van der Waals surface area contributed by atoms with Crippen LogP contribution in [0.2, 0.25) is 5.02 Å². The van der Waals surface area contributed by atoms with Gasteiger partial charge in [0.1, 0.15) is 5.82 Å². The molecule has 0 saturated heterocycles. The molecule has 0 spiro atoms. The Kier molecular flexibility index (Phi) is 6.93. The van der Waals surface area contributed by atoms with Crippen molar-refractivity contribution in [2.45, 2.75) is 0 Å². The standard InChI is InChI=1S/C13H11ClN4S.C5H5.Fe/c14-9-5-6-10(12-16-17-13(19)18(12)15)11(7-9)8-3-1-2-4-8;1-2-4-5-3-1;/h1-7,16H,15H2,(H,17,19);1-5H;/q;-1;+2/p-1. The molecule has 0 amide bonds. The molecule has 25 heavy (non-hydrogen) atoms. The number of halogens is 1. The van der Waals surface area contributed by atoms with Gasteiger partial charge in [-0.2, -0.15) is 23.3 Å². The number of amidine groups is 1. The molecule has 4 rings (SSSR count). The van der Waals surface area contributed by atoms with E-state index in [9.17, 15) is 0 Å². The SMILES string of the molecule is NN1C([S-])=NNC1=c1ccc(Cl)cc1=C1C=CC=C1.[Fe+2].c1cc[cH-]c1. The summed E-state index contributed by atoms with van der Waals surface area (Å²) in [6.07, 6.45) is 7.98. The minimum absolute atomic E-state index is 0. The van der Waals surface area contributed by atoms with Crippen LogP contribution in [0.25, 0.3) is 11.4 Å².